The molecule has 0 bridgehead atoms. The zero-order valence-electron chi connectivity index (χ0n) is 9.00. The summed E-state index contributed by atoms with van der Waals surface area (Å²) in [5.74, 6) is -0.512. The Labute approximate surface area is 124 Å². The zero-order chi connectivity index (χ0) is 10.6. The van der Waals surface area contributed by atoms with Crippen LogP contribution in [0.2, 0.25) is 0 Å². The van der Waals surface area contributed by atoms with Gasteiger partial charge >= 0.3 is 29.6 Å². The monoisotopic (exact) mass is 273 g/mol. The molecule has 7 heteroatoms. The molecule has 1 atom stereocenters. The van der Waals surface area contributed by atoms with E-state index in [1.165, 1.54) is 0 Å². The Morgan fingerprint density at radius 1 is 1.25 bits per heavy atom. The van der Waals surface area contributed by atoms with E-state index in [1.807, 2.05) is 30.3 Å². The Morgan fingerprint density at radius 2 is 1.75 bits per heavy atom. The number of benzene rings is 1. The van der Waals surface area contributed by atoms with Crippen LogP contribution in [0.1, 0.15) is 5.56 Å². The molecule has 1 aromatic carbocycles. The molecule has 0 heterocycles. The molecule has 0 aliphatic heterocycles. The molecule has 0 radical (unpaired) electrons. The van der Waals surface area contributed by atoms with Crippen molar-refractivity contribution < 1.29 is 42.5 Å². The van der Waals surface area contributed by atoms with E-state index < -0.39 is 21.9 Å². The van der Waals surface area contributed by atoms with E-state index in [9.17, 15) is 13.0 Å². The van der Waals surface area contributed by atoms with Crippen molar-refractivity contribution in [2.45, 2.75) is 12.5 Å². The topological polar surface area (TPSA) is 83.2 Å². The first kappa shape index (κ1) is 18.7. The second kappa shape index (κ2) is 8.47. The first-order chi connectivity index (χ1) is 6.47. The van der Waals surface area contributed by atoms with Gasteiger partial charge < -0.3 is 10.3 Å². The van der Waals surface area contributed by atoms with E-state index in [0.717, 1.165) is 5.56 Å². The van der Waals surface area contributed by atoms with Gasteiger partial charge in [0.15, 0.2) is 0 Å². The maximum Gasteiger partial charge on any atom is 1.00 e. The van der Waals surface area contributed by atoms with Gasteiger partial charge in [0.1, 0.15) is 0 Å². The Morgan fingerprint density at radius 3 is 2.19 bits per heavy atom. The van der Waals surface area contributed by atoms with Crippen molar-refractivity contribution in [2.24, 2.45) is 5.73 Å². The van der Waals surface area contributed by atoms with Crippen LogP contribution in [0.15, 0.2) is 30.3 Å². The zero-order valence-corrected chi connectivity index (χ0v) is 12.6. The average molecular weight is 274 g/mol. The average Bonchev–Trinajstić information content (AvgIpc) is 2.02. The minimum atomic E-state index is -4.22. The molecule has 0 amide bonds. The summed E-state index contributed by atoms with van der Waals surface area (Å²) in [6.07, 6.45) is 0.405. The van der Waals surface area contributed by atoms with Crippen LogP contribution in [0.25, 0.3) is 0 Å². The van der Waals surface area contributed by atoms with Crippen LogP contribution in [0.3, 0.4) is 0 Å². The van der Waals surface area contributed by atoms with E-state index in [0.29, 0.717) is 6.42 Å². The van der Waals surface area contributed by atoms with Crippen molar-refractivity contribution in [1.29, 1.82) is 0 Å². The minimum absolute atomic E-state index is 0. The summed E-state index contributed by atoms with van der Waals surface area (Å²) in [5.41, 5.74) is 6.45. The maximum atomic E-state index is 10.4. The molecule has 16 heavy (non-hydrogen) atoms. The van der Waals surface area contributed by atoms with Crippen LogP contribution in [0, 0.1) is 0 Å². The smallest absolute Gasteiger partial charge is 0.748 e. The normalized spacial score (nSPS) is 12.1. The van der Waals surface area contributed by atoms with Crippen LogP contribution in [-0.4, -0.2) is 24.8 Å². The second-order valence-electron chi connectivity index (χ2n) is 3.17. The van der Waals surface area contributed by atoms with Gasteiger partial charge in [-0.25, -0.2) is 8.42 Å². The summed E-state index contributed by atoms with van der Waals surface area (Å²) in [5, 5.41) is 0. The molecule has 0 saturated heterocycles. The predicted octanol–water partition coefficient (Wildman–Crippen LogP) is -2.47. The summed E-state index contributed by atoms with van der Waals surface area (Å²) >= 11 is 0. The molecule has 0 aliphatic carbocycles. The van der Waals surface area contributed by atoms with Gasteiger partial charge in [-0.05, 0) is 12.0 Å². The fourth-order valence-corrected chi connectivity index (χ4v) is 1.88. The number of nitrogens with two attached hydrogens (primary N) is 1. The largest absolute Gasteiger partial charge is 1.00 e. The quantitative estimate of drug-likeness (QED) is 0.487. The third-order valence-electron chi connectivity index (χ3n) is 1.76. The second-order valence-corrected chi connectivity index (χ2v) is 4.62. The molecule has 0 saturated carbocycles. The Hall–Kier alpha value is 0.380. The molecular formula is C9H13ClNNaO3S. The van der Waals surface area contributed by atoms with Crippen LogP contribution in [0.5, 0.6) is 0 Å². The van der Waals surface area contributed by atoms with E-state index in [1.54, 1.807) is 0 Å². The van der Waals surface area contributed by atoms with Crippen molar-refractivity contribution in [1.82, 2.24) is 0 Å². The number of halogens is 1. The standard InChI is InChI=1S/C9H13NO3S.ClH.Na/c10-9(7-14(11,12)13)6-8-4-2-1-3-5-8;;/h1-5,9H,6-7,10H2,(H,11,12,13);1H;/q;;+1/p-1/t9-;;/m0../s1. The first-order valence-electron chi connectivity index (χ1n) is 4.20. The van der Waals surface area contributed by atoms with Crippen LogP contribution >= 0.6 is 12.4 Å². The number of hydrogen-bond donors (Lipinski definition) is 1. The Kier molecular flexibility index (Phi) is 9.92. The van der Waals surface area contributed by atoms with E-state index in [-0.39, 0.29) is 42.0 Å². The minimum Gasteiger partial charge on any atom is -0.748 e. The van der Waals surface area contributed by atoms with Crippen LogP contribution in [-0.2, 0) is 16.5 Å². The number of hydrogen-bond acceptors (Lipinski definition) is 4. The third kappa shape index (κ3) is 8.52. The van der Waals surface area contributed by atoms with Crippen LogP contribution in [0.4, 0.5) is 0 Å². The van der Waals surface area contributed by atoms with Crippen LogP contribution < -0.4 is 35.3 Å². The fourth-order valence-electron chi connectivity index (χ4n) is 1.24. The summed E-state index contributed by atoms with van der Waals surface area (Å²) in [7, 11) is -4.22. The third-order valence-corrected chi connectivity index (χ3v) is 2.60. The predicted molar refractivity (Wildman–Crippen MR) is 59.9 cm³/mol. The summed E-state index contributed by atoms with van der Waals surface area (Å²) in [6.45, 7) is 0. The fraction of sp³-hybridized carbons (Fsp3) is 0.333. The van der Waals surface area contributed by atoms with Crippen molar-refractivity contribution in [3.63, 3.8) is 0 Å². The summed E-state index contributed by atoms with van der Waals surface area (Å²) in [6, 6.07) is 8.61. The van der Waals surface area contributed by atoms with Gasteiger partial charge in [-0.15, -0.1) is 12.4 Å². The van der Waals surface area contributed by atoms with Crippen molar-refractivity contribution in [3.8, 4) is 0 Å². The molecule has 2 N–H and O–H groups in total. The first-order valence-corrected chi connectivity index (χ1v) is 5.78. The van der Waals surface area contributed by atoms with Gasteiger partial charge in [0.2, 0.25) is 0 Å². The van der Waals surface area contributed by atoms with Crippen molar-refractivity contribution in [3.05, 3.63) is 35.9 Å². The Bertz CT molecular complexity index is 385. The molecule has 0 fully saturated rings. The van der Waals surface area contributed by atoms with E-state index in [4.69, 9.17) is 5.73 Å². The molecule has 4 nitrogen and oxygen atoms in total. The van der Waals surface area contributed by atoms with Crippen molar-refractivity contribution >= 4 is 22.5 Å². The summed E-state index contributed by atoms with van der Waals surface area (Å²) in [4.78, 5) is 0. The molecular weight excluding hydrogens is 261 g/mol. The van der Waals surface area contributed by atoms with Gasteiger partial charge in [-0.2, -0.15) is 0 Å². The van der Waals surface area contributed by atoms with Gasteiger partial charge in [-0.1, -0.05) is 30.3 Å². The molecule has 0 aromatic heterocycles. The molecule has 0 unspecified atom stereocenters. The SMILES string of the molecule is Cl.N[C@@H](Cc1ccccc1)CS(=O)(=O)[O-].[Na+]. The van der Waals surface area contributed by atoms with Crippen molar-refractivity contribution in [2.75, 3.05) is 5.75 Å². The molecule has 86 valence electrons. The molecule has 1 rings (SSSR count). The van der Waals surface area contributed by atoms with E-state index in [2.05, 4.69) is 0 Å². The molecule has 0 aliphatic rings. The van der Waals surface area contributed by atoms with Gasteiger partial charge in [0, 0.05) is 6.04 Å². The molecule has 1 aromatic rings. The van der Waals surface area contributed by atoms with Gasteiger partial charge in [0.05, 0.1) is 15.9 Å². The Balaban J connectivity index is 0. The number of rotatable bonds is 4. The summed E-state index contributed by atoms with van der Waals surface area (Å²) < 4.78 is 31.2. The molecule has 0 spiro atoms. The maximum absolute atomic E-state index is 10.4. The van der Waals surface area contributed by atoms with Gasteiger partial charge in [0.25, 0.3) is 0 Å². The van der Waals surface area contributed by atoms with Gasteiger partial charge in [-0.3, -0.25) is 0 Å². The van der Waals surface area contributed by atoms with E-state index >= 15 is 0 Å².